The summed E-state index contributed by atoms with van der Waals surface area (Å²) in [6.45, 7) is 6.12. The zero-order chi connectivity index (χ0) is 26.6. The molecule has 1 N–H and O–H groups in total. The van der Waals surface area contributed by atoms with Gasteiger partial charge in [-0.25, -0.2) is 4.79 Å². The summed E-state index contributed by atoms with van der Waals surface area (Å²) in [4.78, 5) is 59.0. The van der Waals surface area contributed by atoms with E-state index < -0.39 is 60.1 Å². The lowest BCUT2D eigenvalue weighted by Gasteiger charge is -2.44. The Morgan fingerprint density at radius 1 is 0.944 bits per heavy atom. The summed E-state index contributed by atoms with van der Waals surface area (Å²) in [5, 5.41) is 3.30. The van der Waals surface area contributed by atoms with E-state index in [0.29, 0.717) is 10.9 Å². The number of hydrogen-bond donors (Lipinski definition) is 1. The van der Waals surface area contributed by atoms with Crippen molar-refractivity contribution in [1.82, 2.24) is 5.32 Å². The lowest BCUT2D eigenvalue weighted by Crippen LogP contribution is -2.67. The summed E-state index contributed by atoms with van der Waals surface area (Å²) in [5.74, 6) is -2.35. The van der Waals surface area contributed by atoms with Crippen LogP contribution in [0.3, 0.4) is 0 Å². The van der Waals surface area contributed by atoms with Gasteiger partial charge in [-0.1, -0.05) is 0 Å². The number of fused-ring (bicyclic) bond motifs is 1. The Balaban J connectivity index is 2.02. The number of carbonyl (C=O) groups excluding carboxylic acids is 4. The fraction of sp³-hybridized carbons (Fsp3) is 0.458. The van der Waals surface area contributed by atoms with Crippen LogP contribution in [0.4, 0.5) is 0 Å². The highest BCUT2D eigenvalue weighted by atomic mass is 16.7. The predicted octanol–water partition coefficient (Wildman–Crippen LogP) is 1.14. The molecule has 36 heavy (non-hydrogen) atoms. The Kier molecular flexibility index (Phi) is 8.30. The average Bonchev–Trinajstić information content (AvgIpc) is 2.75. The number of ether oxygens (including phenoxy) is 5. The van der Waals surface area contributed by atoms with E-state index in [1.54, 1.807) is 19.1 Å². The number of amides is 1. The monoisotopic (exact) mass is 505 g/mol. The van der Waals surface area contributed by atoms with Gasteiger partial charge < -0.3 is 33.4 Å². The van der Waals surface area contributed by atoms with Crippen LogP contribution in [0.1, 0.15) is 33.3 Å². The van der Waals surface area contributed by atoms with Gasteiger partial charge in [0.2, 0.25) is 12.2 Å². The van der Waals surface area contributed by atoms with Gasteiger partial charge in [-0.3, -0.25) is 19.2 Å². The van der Waals surface area contributed by atoms with Crippen LogP contribution in [0, 0.1) is 6.92 Å². The van der Waals surface area contributed by atoms with Crippen LogP contribution in [0.5, 0.6) is 5.75 Å². The van der Waals surface area contributed by atoms with Crippen molar-refractivity contribution in [1.29, 1.82) is 0 Å². The molecule has 0 aliphatic carbocycles. The van der Waals surface area contributed by atoms with Crippen LogP contribution in [-0.4, -0.2) is 61.1 Å². The van der Waals surface area contributed by atoms with E-state index in [1.165, 1.54) is 26.0 Å². The van der Waals surface area contributed by atoms with E-state index in [4.69, 9.17) is 28.1 Å². The van der Waals surface area contributed by atoms with Gasteiger partial charge in [0, 0.05) is 45.2 Å². The van der Waals surface area contributed by atoms with Gasteiger partial charge in [0.05, 0.1) is 0 Å². The van der Waals surface area contributed by atoms with Gasteiger partial charge >= 0.3 is 23.5 Å². The molecular weight excluding hydrogens is 478 g/mol. The lowest BCUT2D eigenvalue weighted by atomic mass is 9.96. The first kappa shape index (κ1) is 26.7. The summed E-state index contributed by atoms with van der Waals surface area (Å²) < 4.78 is 33.1. The Morgan fingerprint density at radius 3 is 2.22 bits per heavy atom. The first-order valence-electron chi connectivity index (χ1n) is 11.1. The van der Waals surface area contributed by atoms with Crippen molar-refractivity contribution in [2.45, 2.75) is 65.3 Å². The van der Waals surface area contributed by atoms with E-state index in [0.717, 1.165) is 13.8 Å². The molecular formula is C24H27NO11. The maximum Gasteiger partial charge on any atom is 0.336 e. The van der Waals surface area contributed by atoms with E-state index in [9.17, 15) is 24.0 Å². The molecule has 1 fully saturated rings. The number of esters is 3. The number of carbonyl (C=O) groups is 4. The number of benzene rings is 1. The van der Waals surface area contributed by atoms with Crippen molar-refractivity contribution < 1.29 is 47.3 Å². The summed E-state index contributed by atoms with van der Waals surface area (Å²) in [6.07, 6.45) is -4.90. The predicted molar refractivity (Wildman–Crippen MR) is 122 cm³/mol. The van der Waals surface area contributed by atoms with Gasteiger partial charge in [-0.05, 0) is 24.6 Å². The molecule has 1 aliphatic heterocycles. The van der Waals surface area contributed by atoms with Crippen molar-refractivity contribution in [3.8, 4) is 5.75 Å². The molecule has 1 amide bonds. The molecule has 0 saturated carbocycles. The lowest BCUT2D eigenvalue weighted by molar-refractivity contribution is -0.257. The zero-order valence-corrected chi connectivity index (χ0v) is 20.4. The van der Waals surface area contributed by atoms with E-state index >= 15 is 0 Å². The first-order chi connectivity index (χ1) is 16.9. The minimum atomic E-state index is -1.29. The highest BCUT2D eigenvalue weighted by Gasteiger charge is 2.52. The molecule has 1 aromatic heterocycles. The molecule has 1 saturated heterocycles. The van der Waals surface area contributed by atoms with Crippen molar-refractivity contribution in [2.24, 2.45) is 0 Å². The molecule has 2 heterocycles. The zero-order valence-electron chi connectivity index (χ0n) is 20.4. The molecule has 5 atom stereocenters. The first-order valence-corrected chi connectivity index (χ1v) is 11.1. The van der Waals surface area contributed by atoms with Crippen LogP contribution >= 0.6 is 0 Å². The summed E-state index contributed by atoms with van der Waals surface area (Å²) in [5.41, 5.74) is 0.427. The third kappa shape index (κ3) is 6.60. The molecule has 2 aromatic rings. The molecule has 194 valence electrons. The molecule has 0 spiro atoms. The second-order valence-electron chi connectivity index (χ2n) is 8.24. The standard InChI is InChI=1S/C24H27NO11/c1-11-8-20(30)35-18-9-16(6-7-17(11)18)34-24-21(25-12(2)26)23(33-15(5)29)22(32-14(4)28)19(36-24)10-31-13(3)27/h6-9,19,21-24H,10H2,1-5H3,(H,25,26)/t19-,21-,22+,23-,24+/m1/s1. The minimum Gasteiger partial charge on any atom is -0.463 e. The van der Waals surface area contributed by atoms with Gasteiger partial charge in [0.15, 0.2) is 12.2 Å². The molecule has 1 aromatic carbocycles. The van der Waals surface area contributed by atoms with Crippen LogP contribution in [0.15, 0.2) is 33.5 Å². The van der Waals surface area contributed by atoms with Crippen LogP contribution < -0.4 is 15.7 Å². The van der Waals surface area contributed by atoms with Gasteiger partial charge in [-0.2, -0.15) is 0 Å². The number of nitrogens with one attached hydrogen (secondary N) is 1. The highest BCUT2D eigenvalue weighted by Crippen LogP contribution is 2.30. The van der Waals surface area contributed by atoms with E-state index in [2.05, 4.69) is 5.32 Å². The quantitative estimate of drug-likeness (QED) is 0.327. The Labute approximate surface area is 205 Å². The van der Waals surface area contributed by atoms with Crippen molar-refractivity contribution in [3.05, 3.63) is 40.2 Å². The highest BCUT2D eigenvalue weighted by molar-refractivity contribution is 5.81. The maximum absolute atomic E-state index is 12.0. The topological polar surface area (TPSA) is 157 Å². The molecule has 0 bridgehead atoms. The molecule has 3 rings (SSSR count). The second kappa shape index (κ2) is 11.2. The van der Waals surface area contributed by atoms with Crippen molar-refractivity contribution >= 4 is 34.8 Å². The Morgan fingerprint density at radius 2 is 1.61 bits per heavy atom. The summed E-state index contributed by atoms with van der Waals surface area (Å²) in [7, 11) is 0. The molecule has 1 aliphatic rings. The van der Waals surface area contributed by atoms with E-state index in [1.807, 2.05) is 0 Å². The second-order valence-corrected chi connectivity index (χ2v) is 8.24. The fourth-order valence-corrected chi connectivity index (χ4v) is 3.90. The van der Waals surface area contributed by atoms with Gasteiger partial charge in [-0.15, -0.1) is 0 Å². The SMILES string of the molecule is CC(=O)N[C@H]1[C@@H](Oc2ccc3c(C)cc(=O)oc3c2)O[C@H](COC(C)=O)[C@H](OC(C)=O)[C@@H]1OC(C)=O. The van der Waals surface area contributed by atoms with Crippen LogP contribution in [0.2, 0.25) is 0 Å². The maximum atomic E-state index is 12.0. The minimum absolute atomic E-state index is 0.204. The van der Waals surface area contributed by atoms with Gasteiger partial charge in [0.25, 0.3) is 0 Å². The fourth-order valence-electron chi connectivity index (χ4n) is 3.90. The third-order valence-corrected chi connectivity index (χ3v) is 5.25. The van der Waals surface area contributed by atoms with E-state index in [-0.39, 0.29) is 17.9 Å². The molecule has 0 unspecified atom stereocenters. The van der Waals surface area contributed by atoms with Crippen LogP contribution in [-0.2, 0) is 38.1 Å². The van der Waals surface area contributed by atoms with Crippen LogP contribution in [0.25, 0.3) is 11.0 Å². The normalized spacial score (nSPS) is 23.4. The Hall–Kier alpha value is -3.93. The average molecular weight is 505 g/mol. The smallest absolute Gasteiger partial charge is 0.336 e. The molecule has 12 nitrogen and oxygen atoms in total. The van der Waals surface area contributed by atoms with Crippen molar-refractivity contribution in [3.63, 3.8) is 0 Å². The number of hydrogen-bond acceptors (Lipinski definition) is 11. The summed E-state index contributed by atoms with van der Waals surface area (Å²) >= 11 is 0. The number of rotatable bonds is 7. The summed E-state index contributed by atoms with van der Waals surface area (Å²) in [6, 6.07) is 4.98. The Bertz CT molecular complexity index is 1220. The number of aryl methyl sites for hydroxylation is 1. The third-order valence-electron chi connectivity index (χ3n) is 5.25. The van der Waals surface area contributed by atoms with Gasteiger partial charge in [0.1, 0.15) is 30.1 Å². The van der Waals surface area contributed by atoms with Crippen molar-refractivity contribution in [2.75, 3.05) is 6.61 Å². The molecule has 12 heteroatoms. The largest absolute Gasteiger partial charge is 0.463 e. The molecule has 0 radical (unpaired) electrons.